The van der Waals surface area contributed by atoms with E-state index in [-0.39, 0.29) is 5.54 Å². The van der Waals surface area contributed by atoms with Gasteiger partial charge in [0.1, 0.15) is 6.33 Å². The lowest BCUT2D eigenvalue weighted by Gasteiger charge is -2.39. The number of fused-ring (bicyclic) bond motifs is 1. The van der Waals surface area contributed by atoms with E-state index in [0.717, 1.165) is 17.0 Å². The van der Waals surface area contributed by atoms with E-state index in [9.17, 15) is 0 Å². The van der Waals surface area contributed by atoms with E-state index in [1.165, 1.54) is 6.33 Å². The van der Waals surface area contributed by atoms with Crippen LogP contribution in [0, 0.1) is 0 Å². The van der Waals surface area contributed by atoms with Crippen LogP contribution in [0.1, 0.15) is 34.6 Å². The van der Waals surface area contributed by atoms with Gasteiger partial charge in [0, 0.05) is 11.6 Å². The molecule has 2 N–H and O–H groups in total. The third kappa shape index (κ3) is 2.43. The number of aromatic nitrogens is 4. The summed E-state index contributed by atoms with van der Waals surface area (Å²) < 4.78 is 0. The molecular formula is C12H20N6. The Morgan fingerprint density at radius 3 is 2.56 bits per heavy atom. The van der Waals surface area contributed by atoms with Crippen molar-refractivity contribution in [2.75, 3.05) is 5.43 Å². The average Bonchev–Trinajstić information content (AvgIpc) is 2.72. The molecule has 98 valence electrons. The van der Waals surface area contributed by atoms with Crippen LogP contribution in [0.25, 0.3) is 11.2 Å². The van der Waals surface area contributed by atoms with Crippen molar-refractivity contribution in [3.63, 3.8) is 0 Å². The second-order valence-electron chi connectivity index (χ2n) is 5.57. The molecule has 0 aliphatic heterocycles. The predicted octanol–water partition coefficient (Wildman–Crippen LogP) is 2.19. The molecule has 0 spiro atoms. The fraction of sp³-hybridized carbons (Fsp3) is 0.583. The van der Waals surface area contributed by atoms with Gasteiger partial charge in [-0.25, -0.2) is 20.0 Å². The smallest absolute Gasteiger partial charge is 0.172 e. The van der Waals surface area contributed by atoms with Crippen LogP contribution in [0.2, 0.25) is 0 Å². The van der Waals surface area contributed by atoms with Crippen LogP contribution in [0.5, 0.6) is 0 Å². The number of hydrogen-bond acceptors (Lipinski definition) is 5. The summed E-state index contributed by atoms with van der Waals surface area (Å²) in [7, 11) is 0. The molecule has 0 radical (unpaired) electrons. The highest BCUT2D eigenvalue weighted by Gasteiger charge is 2.25. The third-order valence-electron chi connectivity index (χ3n) is 2.68. The van der Waals surface area contributed by atoms with Crippen molar-refractivity contribution < 1.29 is 0 Å². The molecule has 0 atom stereocenters. The fourth-order valence-corrected chi connectivity index (χ4v) is 2.03. The van der Waals surface area contributed by atoms with Crippen molar-refractivity contribution >= 4 is 17.0 Å². The molecule has 2 aromatic heterocycles. The molecule has 2 rings (SSSR count). The summed E-state index contributed by atoms with van der Waals surface area (Å²) >= 11 is 0. The first-order valence-electron chi connectivity index (χ1n) is 6.09. The molecule has 0 bridgehead atoms. The second-order valence-corrected chi connectivity index (χ2v) is 5.57. The molecule has 0 unspecified atom stereocenters. The van der Waals surface area contributed by atoms with Crippen molar-refractivity contribution in [1.29, 1.82) is 0 Å². The molecule has 6 heteroatoms. The maximum atomic E-state index is 4.27. The predicted molar refractivity (Wildman–Crippen MR) is 72.0 cm³/mol. The molecular weight excluding hydrogens is 228 g/mol. The van der Waals surface area contributed by atoms with Crippen molar-refractivity contribution in [3.05, 3.63) is 12.7 Å². The minimum atomic E-state index is -0.0122. The summed E-state index contributed by atoms with van der Waals surface area (Å²) in [6, 6.07) is 0.342. The van der Waals surface area contributed by atoms with Gasteiger partial charge in [-0.15, -0.1) is 0 Å². The summed E-state index contributed by atoms with van der Waals surface area (Å²) in [6.07, 6.45) is 3.16. The molecule has 0 fully saturated rings. The standard InChI is InChI=1S/C12H20N6/c1-8(2)18(12(3,4)5)17-11-9-10(14-6-13-9)15-7-16-11/h6-8H,1-5H3,(H2,13,14,15,16,17). The van der Waals surface area contributed by atoms with Crippen molar-refractivity contribution in [1.82, 2.24) is 24.9 Å². The Labute approximate surface area is 107 Å². The quantitative estimate of drug-likeness (QED) is 0.815. The van der Waals surface area contributed by atoms with Gasteiger partial charge < -0.3 is 10.4 Å². The topological polar surface area (TPSA) is 69.7 Å². The minimum Gasteiger partial charge on any atom is -0.329 e. The van der Waals surface area contributed by atoms with Gasteiger partial charge in [-0.1, -0.05) is 0 Å². The van der Waals surface area contributed by atoms with Crippen LogP contribution >= 0.6 is 0 Å². The van der Waals surface area contributed by atoms with Gasteiger partial charge in [0.15, 0.2) is 17.0 Å². The largest absolute Gasteiger partial charge is 0.329 e. The highest BCUT2D eigenvalue weighted by molar-refractivity contribution is 5.81. The average molecular weight is 248 g/mol. The maximum absolute atomic E-state index is 4.27. The van der Waals surface area contributed by atoms with Crippen LogP contribution in [0.3, 0.4) is 0 Å². The fourth-order valence-electron chi connectivity index (χ4n) is 2.03. The highest BCUT2D eigenvalue weighted by Crippen LogP contribution is 2.21. The Morgan fingerprint density at radius 1 is 1.22 bits per heavy atom. The molecule has 6 nitrogen and oxygen atoms in total. The van der Waals surface area contributed by atoms with Gasteiger partial charge >= 0.3 is 0 Å². The van der Waals surface area contributed by atoms with E-state index < -0.39 is 0 Å². The van der Waals surface area contributed by atoms with Crippen LogP contribution in [-0.2, 0) is 0 Å². The molecule has 0 saturated heterocycles. The molecule has 0 aliphatic carbocycles. The monoisotopic (exact) mass is 248 g/mol. The Bertz CT molecular complexity index is 525. The molecule has 2 heterocycles. The van der Waals surface area contributed by atoms with Gasteiger partial charge in [0.2, 0.25) is 0 Å². The number of aromatic amines is 1. The summed E-state index contributed by atoms with van der Waals surface area (Å²) in [6.45, 7) is 10.7. The van der Waals surface area contributed by atoms with Gasteiger partial charge in [0.05, 0.1) is 6.33 Å². The second kappa shape index (κ2) is 4.53. The van der Waals surface area contributed by atoms with E-state index in [1.54, 1.807) is 6.33 Å². The van der Waals surface area contributed by atoms with Crippen molar-refractivity contribution in [3.8, 4) is 0 Å². The number of nitrogens with zero attached hydrogens (tertiary/aromatic N) is 4. The Balaban J connectivity index is 2.34. The van der Waals surface area contributed by atoms with Gasteiger partial charge in [-0.05, 0) is 34.6 Å². The van der Waals surface area contributed by atoms with Crippen LogP contribution in [0.4, 0.5) is 5.82 Å². The Kier molecular flexibility index (Phi) is 3.21. The Morgan fingerprint density at radius 2 is 1.94 bits per heavy atom. The number of imidazole rings is 1. The zero-order chi connectivity index (χ0) is 13.3. The van der Waals surface area contributed by atoms with E-state index in [4.69, 9.17) is 0 Å². The molecule has 0 amide bonds. The van der Waals surface area contributed by atoms with Crippen molar-refractivity contribution in [2.45, 2.75) is 46.2 Å². The molecule has 0 saturated carbocycles. The lowest BCUT2D eigenvalue weighted by Crippen LogP contribution is -2.49. The first kappa shape index (κ1) is 12.8. The molecule has 0 aliphatic rings. The minimum absolute atomic E-state index is 0.0122. The van der Waals surface area contributed by atoms with E-state index in [0.29, 0.717) is 6.04 Å². The van der Waals surface area contributed by atoms with Gasteiger partial charge in [-0.2, -0.15) is 0 Å². The lowest BCUT2D eigenvalue weighted by atomic mass is 10.1. The highest BCUT2D eigenvalue weighted by atomic mass is 15.6. The zero-order valence-electron chi connectivity index (χ0n) is 11.5. The van der Waals surface area contributed by atoms with Crippen LogP contribution in [-0.4, -0.2) is 36.5 Å². The lowest BCUT2D eigenvalue weighted by molar-refractivity contribution is 0.133. The number of anilines is 1. The molecule has 0 aromatic carbocycles. The number of H-pyrrole nitrogens is 1. The molecule has 2 aromatic rings. The number of hydrogen-bond donors (Lipinski definition) is 2. The maximum Gasteiger partial charge on any atom is 0.172 e. The van der Waals surface area contributed by atoms with E-state index in [2.05, 4.69) is 65.0 Å². The summed E-state index contributed by atoms with van der Waals surface area (Å²) in [5.41, 5.74) is 4.83. The van der Waals surface area contributed by atoms with Crippen LogP contribution < -0.4 is 5.43 Å². The van der Waals surface area contributed by atoms with E-state index in [1.807, 2.05) is 0 Å². The van der Waals surface area contributed by atoms with Gasteiger partial charge in [-0.3, -0.25) is 0 Å². The normalized spacial score (nSPS) is 12.6. The zero-order valence-corrected chi connectivity index (χ0v) is 11.5. The van der Waals surface area contributed by atoms with Gasteiger partial charge in [0.25, 0.3) is 0 Å². The SMILES string of the molecule is CC(C)N(Nc1ncnc2[nH]cnc12)C(C)(C)C. The van der Waals surface area contributed by atoms with E-state index >= 15 is 0 Å². The third-order valence-corrected chi connectivity index (χ3v) is 2.68. The summed E-state index contributed by atoms with van der Waals surface area (Å²) in [5, 5.41) is 2.16. The summed E-state index contributed by atoms with van der Waals surface area (Å²) in [5.74, 6) is 0.727. The number of hydrazine groups is 1. The first-order valence-corrected chi connectivity index (χ1v) is 6.09. The number of nitrogens with one attached hydrogen (secondary N) is 2. The molecule has 18 heavy (non-hydrogen) atoms. The first-order chi connectivity index (χ1) is 8.39. The number of rotatable bonds is 3. The Hall–Kier alpha value is -1.69. The van der Waals surface area contributed by atoms with Crippen LogP contribution in [0.15, 0.2) is 12.7 Å². The summed E-state index contributed by atoms with van der Waals surface area (Å²) in [4.78, 5) is 15.6. The van der Waals surface area contributed by atoms with Crippen molar-refractivity contribution in [2.24, 2.45) is 0 Å².